The summed E-state index contributed by atoms with van der Waals surface area (Å²) in [6.07, 6.45) is -4.36. The van der Waals surface area contributed by atoms with Crippen molar-refractivity contribution in [2.75, 3.05) is 5.32 Å². The number of carbonyl (C=O) groups is 1. The average molecular weight is 476 g/mol. The van der Waals surface area contributed by atoms with Gasteiger partial charge in [-0.1, -0.05) is 12.1 Å². The summed E-state index contributed by atoms with van der Waals surface area (Å²) in [6.45, 7) is -0.499. The average Bonchev–Trinajstić information content (AvgIpc) is 3.18. The Labute approximate surface area is 190 Å². The second kappa shape index (κ2) is 9.46. The molecule has 0 aliphatic carbocycles. The molecule has 2 heterocycles. The monoisotopic (exact) mass is 476 g/mol. The Morgan fingerprint density at radius 1 is 1.00 bits per heavy atom. The first-order valence-electron chi connectivity index (χ1n) is 10.0. The standard InChI is InChI=1S/C23H17F5N4O2/c24-19(25)12-32-10-9-18-21(32)29-13-30-22(18)34-17-7-5-16(6-8-17)31-20(33)11-14-1-3-15(4-2-14)23(26,27)28/h1-10,13,19H,11-12H2,(H,31,33). The molecule has 0 bridgehead atoms. The van der Waals surface area contributed by atoms with E-state index in [0.29, 0.717) is 28.0 Å². The third-order valence-electron chi connectivity index (χ3n) is 4.85. The van der Waals surface area contributed by atoms with Crippen molar-refractivity contribution in [1.29, 1.82) is 0 Å². The van der Waals surface area contributed by atoms with E-state index in [1.54, 1.807) is 30.3 Å². The van der Waals surface area contributed by atoms with Gasteiger partial charge in [0.15, 0.2) is 0 Å². The van der Waals surface area contributed by atoms with Crippen molar-refractivity contribution in [2.24, 2.45) is 0 Å². The van der Waals surface area contributed by atoms with Gasteiger partial charge in [0.2, 0.25) is 11.8 Å². The number of alkyl halides is 5. The van der Waals surface area contributed by atoms with Crippen LogP contribution >= 0.6 is 0 Å². The van der Waals surface area contributed by atoms with Gasteiger partial charge in [-0.2, -0.15) is 13.2 Å². The smallest absolute Gasteiger partial charge is 0.416 e. The van der Waals surface area contributed by atoms with Crippen LogP contribution in [-0.4, -0.2) is 26.9 Å². The molecule has 1 N–H and O–H groups in total. The van der Waals surface area contributed by atoms with Gasteiger partial charge in [-0.15, -0.1) is 0 Å². The highest BCUT2D eigenvalue weighted by Crippen LogP contribution is 2.30. The molecule has 0 spiro atoms. The van der Waals surface area contributed by atoms with E-state index in [2.05, 4.69) is 15.3 Å². The molecule has 0 unspecified atom stereocenters. The molecular weight excluding hydrogens is 459 g/mol. The molecule has 2 aromatic heterocycles. The molecule has 2 aromatic carbocycles. The van der Waals surface area contributed by atoms with E-state index in [1.165, 1.54) is 29.2 Å². The van der Waals surface area contributed by atoms with Gasteiger partial charge in [-0.05, 0) is 48.0 Å². The Bertz CT molecular complexity index is 1290. The molecule has 0 aliphatic heterocycles. The van der Waals surface area contributed by atoms with Crippen LogP contribution in [-0.2, 0) is 23.9 Å². The van der Waals surface area contributed by atoms with Crippen molar-refractivity contribution >= 4 is 22.6 Å². The maximum Gasteiger partial charge on any atom is 0.416 e. The Hall–Kier alpha value is -4.02. The molecule has 0 aliphatic rings. The largest absolute Gasteiger partial charge is 0.438 e. The number of benzene rings is 2. The lowest BCUT2D eigenvalue weighted by molar-refractivity contribution is -0.137. The second-order valence-electron chi connectivity index (χ2n) is 7.32. The minimum atomic E-state index is -4.43. The Morgan fingerprint density at radius 3 is 2.35 bits per heavy atom. The van der Waals surface area contributed by atoms with Crippen molar-refractivity contribution < 1.29 is 31.5 Å². The van der Waals surface area contributed by atoms with E-state index in [4.69, 9.17) is 4.74 Å². The van der Waals surface area contributed by atoms with E-state index in [-0.39, 0.29) is 12.3 Å². The molecule has 6 nitrogen and oxygen atoms in total. The lowest BCUT2D eigenvalue weighted by Gasteiger charge is -2.09. The number of nitrogens with zero attached hydrogens (tertiary/aromatic N) is 3. The number of hydrogen-bond acceptors (Lipinski definition) is 4. The number of carbonyl (C=O) groups excluding carboxylic acids is 1. The van der Waals surface area contributed by atoms with Crippen LogP contribution in [0.25, 0.3) is 11.0 Å². The summed E-state index contributed by atoms with van der Waals surface area (Å²) < 4.78 is 70.4. The molecule has 0 fully saturated rings. The van der Waals surface area contributed by atoms with Gasteiger partial charge in [-0.25, -0.2) is 18.7 Å². The Kier molecular flexibility index (Phi) is 6.44. The fraction of sp³-hybridized carbons (Fsp3) is 0.174. The fourth-order valence-corrected chi connectivity index (χ4v) is 3.28. The first-order valence-corrected chi connectivity index (χ1v) is 10.0. The first kappa shape index (κ1) is 23.1. The van der Waals surface area contributed by atoms with Crippen LogP contribution in [0.1, 0.15) is 11.1 Å². The summed E-state index contributed by atoms with van der Waals surface area (Å²) in [5.74, 6) is 0.186. The number of nitrogens with one attached hydrogen (secondary N) is 1. The van der Waals surface area contributed by atoms with Crippen molar-refractivity contribution in [2.45, 2.75) is 25.6 Å². The highest BCUT2D eigenvalue weighted by molar-refractivity contribution is 5.92. The molecule has 1 amide bonds. The summed E-state index contributed by atoms with van der Waals surface area (Å²) in [7, 11) is 0. The Morgan fingerprint density at radius 2 is 1.71 bits per heavy atom. The maximum absolute atomic E-state index is 12.7. The minimum absolute atomic E-state index is 0.0923. The SMILES string of the molecule is O=C(Cc1ccc(C(F)(F)F)cc1)Nc1ccc(Oc2ncnc3c2ccn3CC(F)F)cc1. The number of rotatable bonds is 7. The molecule has 0 radical (unpaired) electrons. The fourth-order valence-electron chi connectivity index (χ4n) is 3.28. The van der Waals surface area contributed by atoms with Crippen molar-refractivity contribution in [1.82, 2.24) is 14.5 Å². The minimum Gasteiger partial charge on any atom is -0.438 e. The molecular formula is C23H17F5N4O2. The zero-order valence-electron chi connectivity index (χ0n) is 17.4. The van der Waals surface area contributed by atoms with Crippen LogP contribution in [0.4, 0.5) is 27.6 Å². The van der Waals surface area contributed by atoms with Crippen molar-refractivity contribution in [3.63, 3.8) is 0 Å². The van der Waals surface area contributed by atoms with Crippen molar-refractivity contribution in [3.05, 3.63) is 78.2 Å². The lowest BCUT2D eigenvalue weighted by atomic mass is 10.1. The summed E-state index contributed by atoms with van der Waals surface area (Å²) in [5, 5.41) is 3.13. The van der Waals surface area contributed by atoms with Crippen LogP contribution < -0.4 is 10.1 Å². The second-order valence-corrected chi connectivity index (χ2v) is 7.32. The van der Waals surface area contributed by atoms with Gasteiger partial charge >= 0.3 is 6.18 Å². The van der Waals surface area contributed by atoms with Crippen molar-refractivity contribution in [3.8, 4) is 11.6 Å². The summed E-state index contributed by atoms with van der Waals surface area (Å²) in [4.78, 5) is 20.3. The van der Waals surface area contributed by atoms with Gasteiger partial charge in [0.1, 0.15) is 17.7 Å². The number of anilines is 1. The molecule has 0 saturated heterocycles. The number of fused-ring (bicyclic) bond motifs is 1. The van der Waals surface area contributed by atoms with Crippen LogP contribution in [0.5, 0.6) is 11.6 Å². The molecule has 11 heteroatoms. The molecule has 4 rings (SSSR count). The zero-order chi connectivity index (χ0) is 24.3. The van der Waals surface area contributed by atoms with Crippen LogP contribution in [0.3, 0.4) is 0 Å². The number of ether oxygens (including phenoxy) is 1. The summed E-state index contributed by atoms with van der Waals surface area (Å²) in [6, 6.07) is 12.3. The highest BCUT2D eigenvalue weighted by Gasteiger charge is 2.30. The topological polar surface area (TPSA) is 69.0 Å². The molecule has 0 saturated carbocycles. The summed E-state index contributed by atoms with van der Waals surface area (Å²) in [5.41, 5.74) is 0.438. The molecule has 4 aromatic rings. The predicted octanol–water partition coefficient (Wildman–Crippen LogP) is 5.69. The molecule has 34 heavy (non-hydrogen) atoms. The third-order valence-corrected chi connectivity index (χ3v) is 4.85. The number of aromatic nitrogens is 3. The van der Waals surface area contributed by atoms with E-state index in [1.807, 2.05) is 0 Å². The number of hydrogen-bond donors (Lipinski definition) is 1. The first-order chi connectivity index (χ1) is 16.2. The van der Waals surface area contributed by atoms with E-state index >= 15 is 0 Å². The van der Waals surface area contributed by atoms with Gasteiger partial charge in [0.25, 0.3) is 6.43 Å². The normalized spacial score (nSPS) is 11.7. The van der Waals surface area contributed by atoms with E-state index in [9.17, 15) is 26.7 Å². The van der Waals surface area contributed by atoms with Crippen LogP contribution in [0.15, 0.2) is 67.1 Å². The van der Waals surface area contributed by atoms with Gasteiger partial charge in [-0.3, -0.25) is 4.79 Å². The predicted molar refractivity (Wildman–Crippen MR) is 114 cm³/mol. The Balaban J connectivity index is 1.39. The quantitative estimate of drug-likeness (QED) is 0.348. The van der Waals surface area contributed by atoms with E-state index < -0.39 is 30.6 Å². The number of halogens is 5. The lowest BCUT2D eigenvalue weighted by Crippen LogP contribution is -2.14. The maximum atomic E-state index is 12.7. The van der Waals surface area contributed by atoms with Gasteiger partial charge < -0.3 is 14.6 Å². The zero-order valence-corrected chi connectivity index (χ0v) is 17.4. The van der Waals surface area contributed by atoms with Crippen LogP contribution in [0.2, 0.25) is 0 Å². The van der Waals surface area contributed by atoms with Gasteiger partial charge in [0, 0.05) is 11.9 Å². The van der Waals surface area contributed by atoms with E-state index in [0.717, 1.165) is 12.1 Å². The molecule has 176 valence electrons. The highest BCUT2D eigenvalue weighted by atomic mass is 19.4. The van der Waals surface area contributed by atoms with Gasteiger partial charge in [0.05, 0.1) is 23.9 Å². The summed E-state index contributed by atoms with van der Waals surface area (Å²) >= 11 is 0. The van der Waals surface area contributed by atoms with Crippen LogP contribution in [0, 0.1) is 0 Å². The molecule has 0 atom stereocenters. The third kappa shape index (κ3) is 5.48. The number of amides is 1.